The summed E-state index contributed by atoms with van der Waals surface area (Å²) >= 11 is 6.03. The lowest BCUT2D eigenvalue weighted by Crippen LogP contribution is -2.36. The van der Waals surface area contributed by atoms with Crippen molar-refractivity contribution in [3.63, 3.8) is 0 Å². The fourth-order valence-electron chi connectivity index (χ4n) is 3.61. The molecule has 0 aliphatic carbocycles. The summed E-state index contributed by atoms with van der Waals surface area (Å²) in [6, 6.07) is 13.5. The van der Waals surface area contributed by atoms with Gasteiger partial charge in [0.05, 0.1) is 19.3 Å². The van der Waals surface area contributed by atoms with Gasteiger partial charge < -0.3 is 15.0 Å². The molecule has 0 radical (unpaired) electrons. The Labute approximate surface area is 168 Å². The summed E-state index contributed by atoms with van der Waals surface area (Å²) in [5, 5.41) is 4.70. The van der Waals surface area contributed by atoms with E-state index in [9.17, 15) is 4.79 Å². The minimum absolute atomic E-state index is 0.0792. The molecule has 0 spiro atoms. The van der Waals surface area contributed by atoms with E-state index >= 15 is 0 Å². The molecule has 5 nitrogen and oxygen atoms in total. The average Bonchev–Trinajstić information content (AvgIpc) is 3.13. The second-order valence-electron chi connectivity index (χ2n) is 6.86. The van der Waals surface area contributed by atoms with Crippen molar-refractivity contribution in [2.75, 3.05) is 32.1 Å². The van der Waals surface area contributed by atoms with Crippen LogP contribution in [-0.4, -0.2) is 42.5 Å². The second kappa shape index (κ2) is 8.09. The van der Waals surface area contributed by atoms with Crippen LogP contribution in [0.3, 0.4) is 0 Å². The van der Waals surface area contributed by atoms with Crippen LogP contribution in [0.2, 0.25) is 5.02 Å². The topological polar surface area (TPSA) is 57.4 Å². The van der Waals surface area contributed by atoms with Crippen molar-refractivity contribution in [1.29, 1.82) is 0 Å². The Kier molecular flexibility index (Phi) is 5.37. The Bertz CT molecular complexity index is 1040. The van der Waals surface area contributed by atoms with Crippen LogP contribution >= 0.6 is 11.6 Å². The Morgan fingerprint density at radius 3 is 2.93 bits per heavy atom. The molecular formula is C22H22ClN3O2. The third-order valence-electron chi connectivity index (χ3n) is 5.03. The lowest BCUT2D eigenvalue weighted by molar-refractivity contribution is -0.117. The summed E-state index contributed by atoms with van der Waals surface area (Å²) in [6.45, 7) is 1.91. The fourth-order valence-corrected chi connectivity index (χ4v) is 3.78. The number of halogens is 1. The molecule has 3 aromatic rings. The molecular weight excluding hydrogens is 374 g/mol. The van der Waals surface area contributed by atoms with Crippen LogP contribution in [0.5, 0.6) is 5.75 Å². The molecule has 4 rings (SSSR count). The number of H-pyrrole nitrogens is 1. The molecule has 1 amide bonds. The third kappa shape index (κ3) is 3.91. The molecule has 0 unspecified atom stereocenters. The molecule has 1 aliphatic heterocycles. The van der Waals surface area contributed by atoms with Crippen LogP contribution in [-0.2, 0) is 4.79 Å². The minimum atomic E-state index is -0.0792. The smallest absolute Gasteiger partial charge is 0.238 e. The number of anilines is 1. The highest BCUT2D eigenvalue weighted by molar-refractivity contribution is 6.31. The standard InChI is InChI=1S/C22H22ClN3O2/c1-28-21-7-6-16(23)12-20(21)25-22(27)14-26-10-8-15(9-11-26)18-13-24-19-5-3-2-4-17(18)19/h2-8,12-13,24H,9-11,14H2,1H3,(H,25,27). The number of benzene rings is 2. The van der Waals surface area contributed by atoms with Gasteiger partial charge in [0, 0.05) is 40.8 Å². The second-order valence-corrected chi connectivity index (χ2v) is 7.29. The predicted octanol–water partition coefficient (Wildman–Crippen LogP) is 4.56. The number of nitrogens with one attached hydrogen (secondary N) is 2. The number of aromatic nitrogens is 1. The lowest BCUT2D eigenvalue weighted by Gasteiger charge is -2.25. The van der Waals surface area contributed by atoms with Crippen molar-refractivity contribution >= 4 is 39.7 Å². The van der Waals surface area contributed by atoms with Crippen molar-refractivity contribution in [2.24, 2.45) is 0 Å². The van der Waals surface area contributed by atoms with Crippen LogP contribution in [0.4, 0.5) is 5.69 Å². The third-order valence-corrected chi connectivity index (χ3v) is 5.27. The van der Waals surface area contributed by atoms with Crippen molar-refractivity contribution in [2.45, 2.75) is 6.42 Å². The first-order valence-electron chi connectivity index (χ1n) is 9.25. The van der Waals surface area contributed by atoms with Gasteiger partial charge in [-0.3, -0.25) is 9.69 Å². The summed E-state index contributed by atoms with van der Waals surface area (Å²) in [7, 11) is 1.57. The maximum atomic E-state index is 12.5. The Morgan fingerprint density at radius 1 is 1.29 bits per heavy atom. The number of aromatic amines is 1. The van der Waals surface area contributed by atoms with Crippen molar-refractivity contribution in [1.82, 2.24) is 9.88 Å². The number of amides is 1. The van der Waals surface area contributed by atoms with E-state index in [2.05, 4.69) is 45.7 Å². The zero-order valence-electron chi connectivity index (χ0n) is 15.7. The van der Waals surface area contributed by atoms with Gasteiger partial charge >= 0.3 is 0 Å². The highest BCUT2D eigenvalue weighted by Gasteiger charge is 2.18. The van der Waals surface area contributed by atoms with Crippen molar-refractivity contribution in [3.05, 3.63) is 65.3 Å². The number of carbonyl (C=O) groups is 1. The van der Waals surface area contributed by atoms with Crippen LogP contribution in [0.15, 0.2) is 54.7 Å². The predicted molar refractivity (Wildman–Crippen MR) is 114 cm³/mol. The number of ether oxygens (including phenoxy) is 1. The Hall–Kier alpha value is -2.76. The Morgan fingerprint density at radius 2 is 2.14 bits per heavy atom. The maximum Gasteiger partial charge on any atom is 0.238 e. The number of methoxy groups -OCH3 is 1. The molecule has 0 atom stereocenters. The van der Waals surface area contributed by atoms with E-state index in [1.165, 1.54) is 16.5 Å². The van der Waals surface area contributed by atoms with Crippen molar-refractivity contribution in [3.8, 4) is 5.75 Å². The molecule has 1 aromatic heterocycles. The van der Waals surface area contributed by atoms with E-state index in [4.69, 9.17) is 16.3 Å². The van der Waals surface area contributed by atoms with E-state index in [1.54, 1.807) is 25.3 Å². The molecule has 28 heavy (non-hydrogen) atoms. The molecule has 2 heterocycles. The first kappa shape index (κ1) is 18.6. The largest absolute Gasteiger partial charge is 0.495 e. The van der Waals surface area contributed by atoms with Gasteiger partial charge in [-0.1, -0.05) is 35.9 Å². The highest BCUT2D eigenvalue weighted by Crippen LogP contribution is 2.30. The quantitative estimate of drug-likeness (QED) is 0.666. The number of hydrogen-bond donors (Lipinski definition) is 2. The number of hydrogen-bond acceptors (Lipinski definition) is 3. The molecule has 6 heteroatoms. The number of carbonyl (C=O) groups excluding carboxylic acids is 1. The number of fused-ring (bicyclic) bond motifs is 1. The van der Waals surface area contributed by atoms with Gasteiger partial charge in [-0.25, -0.2) is 0 Å². The monoisotopic (exact) mass is 395 g/mol. The number of rotatable bonds is 5. The lowest BCUT2D eigenvalue weighted by atomic mass is 9.99. The van der Waals surface area contributed by atoms with Crippen LogP contribution < -0.4 is 10.1 Å². The van der Waals surface area contributed by atoms with Gasteiger partial charge in [0.25, 0.3) is 0 Å². The van der Waals surface area contributed by atoms with Crippen molar-refractivity contribution < 1.29 is 9.53 Å². The van der Waals surface area contributed by atoms with E-state index in [0.29, 0.717) is 23.0 Å². The molecule has 2 N–H and O–H groups in total. The van der Waals surface area contributed by atoms with E-state index < -0.39 is 0 Å². The summed E-state index contributed by atoms with van der Waals surface area (Å²) in [5.74, 6) is 0.516. The molecule has 0 saturated heterocycles. The first-order chi connectivity index (χ1) is 13.6. The van der Waals surface area contributed by atoms with Crippen LogP contribution in [0, 0.1) is 0 Å². The highest BCUT2D eigenvalue weighted by atomic mass is 35.5. The van der Waals surface area contributed by atoms with Gasteiger partial charge in [0.1, 0.15) is 5.75 Å². The maximum absolute atomic E-state index is 12.5. The van der Waals surface area contributed by atoms with Gasteiger partial charge in [-0.2, -0.15) is 0 Å². The van der Waals surface area contributed by atoms with Gasteiger partial charge in [-0.15, -0.1) is 0 Å². The molecule has 144 valence electrons. The molecule has 1 aliphatic rings. The van der Waals surface area contributed by atoms with E-state index in [1.807, 2.05) is 6.07 Å². The van der Waals surface area contributed by atoms with E-state index in [-0.39, 0.29) is 5.91 Å². The zero-order chi connectivity index (χ0) is 19.5. The van der Waals surface area contributed by atoms with E-state index in [0.717, 1.165) is 25.0 Å². The summed E-state index contributed by atoms with van der Waals surface area (Å²) in [6.07, 6.45) is 5.20. The number of para-hydroxylation sites is 1. The Balaban J connectivity index is 1.40. The normalized spacial score (nSPS) is 14.7. The van der Waals surface area contributed by atoms with Gasteiger partial charge in [-0.05, 0) is 36.3 Å². The van der Waals surface area contributed by atoms with Crippen LogP contribution in [0.25, 0.3) is 16.5 Å². The first-order valence-corrected chi connectivity index (χ1v) is 9.63. The fraction of sp³-hybridized carbons (Fsp3) is 0.227. The van der Waals surface area contributed by atoms with Gasteiger partial charge in [0.2, 0.25) is 5.91 Å². The molecule has 0 saturated carbocycles. The summed E-state index contributed by atoms with van der Waals surface area (Å²) < 4.78 is 5.28. The molecule has 0 fully saturated rings. The minimum Gasteiger partial charge on any atom is -0.495 e. The van der Waals surface area contributed by atoms with Gasteiger partial charge in [0.15, 0.2) is 0 Å². The average molecular weight is 396 g/mol. The summed E-state index contributed by atoms with van der Waals surface area (Å²) in [5.41, 5.74) is 4.32. The summed E-state index contributed by atoms with van der Waals surface area (Å²) in [4.78, 5) is 17.9. The SMILES string of the molecule is COc1ccc(Cl)cc1NC(=O)CN1CC=C(c2c[nH]c3ccccc23)CC1. The zero-order valence-corrected chi connectivity index (χ0v) is 16.4. The molecule has 0 bridgehead atoms. The molecule has 2 aromatic carbocycles. The van der Waals surface area contributed by atoms with Crippen LogP contribution in [0.1, 0.15) is 12.0 Å². The number of nitrogens with zero attached hydrogens (tertiary/aromatic N) is 1.